The topological polar surface area (TPSA) is 25.6 Å². The first-order valence-electron chi connectivity index (χ1n) is 17.8. The Morgan fingerprint density at radius 1 is 0.423 bits per heavy atom. The minimum absolute atomic E-state index is 0.565. The summed E-state index contributed by atoms with van der Waals surface area (Å²) in [7, 11) is 0. The van der Waals surface area contributed by atoms with Crippen molar-refractivity contribution < 1.29 is 9.15 Å². The van der Waals surface area contributed by atoms with Crippen LogP contribution in [0.15, 0.2) is 192 Å². The fourth-order valence-electron chi connectivity index (χ4n) is 8.87. The Morgan fingerprint density at radius 3 is 1.81 bits per heavy atom. The predicted molar refractivity (Wildman–Crippen MR) is 211 cm³/mol. The maximum absolute atomic E-state index is 7.16. The van der Waals surface area contributed by atoms with Gasteiger partial charge in [0.25, 0.3) is 0 Å². The zero-order valence-electron chi connectivity index (χ0n) is 28.2. The Bertz CT molecular complexity index is 2790. The smallest absolute Gasteiger partial charge is 0.156 e. The zero-order chi connectivity index (χ0) is 34.2. The summed E-state index contributed by atoms with van der Waals surface area (Å²) in [6.45, 7) is 0. The van der Waals surface area contributed by atoms with E-state index in [1.165, 1.54) is 22.3 Å². The maximum atomic E-state index is 7.16. The van der Waals surface area contributed by atoms with E-state index in [-0.39, 0.29) is 0 Å². The number of anilines is 3. The number of para-hydroxylation sites is 4. The number of furan rings is 1. The Hall–Kier alpha value is -6.84. The molecular formula is C49H31NO2. The van der Waals surface area contributed by atoms with Gasteiger partial charge in [0, 0.05) is 27.8 Å². The molecule has 0 amide bonds. The number of ether oxygens (including phenoxy) is 1. The first-order valence-corrected chi connectivity index (χ1v) is 17.8. The summed E-state index contributed by atoms with van der Waals surface area (Å²) in [5.74, 6) is 1.70. The molecule has 2 aliphatic rings. The van der Waals surface area contributed by atoms with Gasteiger partial charge in [-0.2, -0.15) is 0 Å². The van der Waals surface area contributed by atoms with Gasteiger partial charge in [0.2, 0.25) is 0 Å². The van der Waals surface area contributed by atoms with Crippen molar-refractivity contribution >= 4 is 39.0 Å². The highest BCUT2D eigenvalue weighted by molar-refractivity contribution is 6.17. The Balaban J connectivity index is 1.25. The standard InChI is InChI=1S/C49H31NO2/c1-3-16-32(17-4-1)34-30-31-42(46-37-22-9-13-28-44(37)51-47(34)46)50(33-18-5-2-6-19-33)43-27-15-26-41-48(43)52-45-29-14-12-25-40(45)49(41)38-23-10-7-20-35(38)36-21-8-11-24-39(36)49/h1-31H. The molecular weight excluding hydrogens is 635 g/mol. The molecule has 244 valence electrons. The van der Waals surface area contributed by atoms with E-state index in [0.29, 0.717) is 0 Å². The summed E-state index contributed by atoms with van der Waals surface area (Å²) in [6.07, 6.45) is 0. The molecule has 8 aromatic carbocycles. The SMILES string of the molecule is c1ccc(-c2ccc(N(c3ccccc3)c3cccc4c3Oc3ccccc3C43c4ccccc4-c4ccccc43)c3c2oc2ccccc23)cc1. The molecule has 52 heavy (non-hydrogen) atoms. The summed E-state index contributed by atoms with van der Waals surface area (Å²) >= 11 is 0. The molecule has 0 radical (unpaired) electrons. The van der Waals surface area contributed by atoms with Gasteiger partial charge in [0.15, 0.2) is 5.75 Å². The largest absolute Gasteiger partial charge is 0.455 e. The number of nitrogens with zero attached hydrogens (tertiary/aromatic N) is 1. The molecule has 3 nitrogen and oxygen atoms in total. The molecule has 11 rings (SSSR count). The minimum atomic E-state index is -0.565. The normalized spacial score (nSPS) is 13.3. The highest BCUT2D eigenvalue weighted by Gasteiger charge is 2.51. The van der Waals surface area contributed by atoms with E-state index in [9.17, 15) is 0 Å². The van der Waals surface area contributed by atoms with Crippen LogP contribution in [0.2, 0.25) is 0 Å². The average Bonchev–Trinajstić information content (AvgIpc) is 3.74. The Kier molecular flexibility index (Phi) is 6.17. The van der Waals surface area contributed by atoms with E-state index < -0.39 is 5.41 Å². The van der Waals surface area contributed by atoms with E-state index in [4.69, 9.17) is 9.15 Å². The van der Waals surface area contributed by atoms with Crippen molar-refractivity contribution in [2.24, 2.45) is 0 Å². The van der Waals surface area contributed by atoms with E-state index in [1.54, 1.807) is 0 Å². The van der Waals surface area contributed by atoms with Crippen molar-refractivity contribution in [2.75, 3.05) is 4.90 Å². The van der Waals surface area contributed by atoms with Crippen LogP contribution in [0.25, 0.3) is 44.2 Å². The van der Waals surface area contributed by atoms with Gasteiger partial charge >= 0.3 is 0 Å². The molecule has 0 N–H and O–H groups in total. The maximum Gasteiger partial charge on any atom is 0.156 e. The quantitative estimate of drug-likeness (QED) is 0.187. The second kappa shape index (κ2) is 11.1. The van der Waals surface area contributed by atoms with Gasteiger partial charge in [0.05, 0.1) is 22.2 Å². The molecule has 9 aromatic rings. The first-order chi connectivity index (χ1) is 25.8. The third kappa shape index (κ3) is 3.91. The van der Waals surface area contributed by atoms with Gasteiger partial charge in [0.1, 0.15) is 16.9 Å². The minimum Gasteiger partial charge on any atom is -0.455 e. The van der Waals surface area contributed by atoms with Crippen molar-refractivity contribution in [3.05, 3.63) is 210 Å². The average molecular weight is 666 g/mol. The van der Waals surface area contributed by atoms with Crippen molar-refractivity contribution in [2.45, 2.75) is 5.41 Å². The van der Waals surface area contributed by atoms with Crippen molar-refractivity contribution in [1.29, 1.82) is 0 Å². The molecule has 1 aliphatic carbocycles. The summed E-state index contributed by atoms with van der Waals surface area (Å²) in [4.78, 5) is 2.35. The number of fused-ring (bicyclic) bond motifs is 12. The lowest BCUT2D eigenvalue weighted by atomic mass is 9.66. The van der Waals surface area contributed by atoms with Crippen LogP contribution in [0.3, 0.4) is 0 Å². The molecule has 0 unspecified atom stereocenters. The van der Waals surface area contributed by atoms with Gasteiger partial charge < -0.3 is 14.1 Å². The van der Waals surface area contributed by atoms with Gasteiger partial charge in [-0.1, -0.05) is 146 Å². The number of benzene rings is 8. The highest BCUT2D eigenvalue weighted by atomic mass is 16.5. The lowest BCUT2D eigenvalue weighted by Crippen LogP contribution is -2.32. The van der Waals surface area contributed by atoms with Crippen LogP contribution in [0, 0.1) is 0 Å². The molecule has 0 saturated heterocycles. The van der Waals surface area contributed by atoms with E-state index >= 15 is 0 Å². The number of hydrogen-bond donors (Lipinski definition) is 0. The molecule has 0 saturated carbocycles. The molecule has 1 aliphatic heterocycles. The monoisotopic (exact) mass is 665 g/mol. The molecule has 3 heteroatoms. The first kappa shape index (κ1) is 28.9. The molecule has 0 fully saturated rings. The molecule has 1 aromatic heterocycles. The van der Waals surface area contributed by atoms with Crippen LogP contribution in [-0.2, 0) is 5.41 Å². The second-order valence-electron chi connectivity index (χ2n) is 13.6. The third-order valence-corrected chi connectivity index (χ3v) is 10.9. The fourth-order valence-corrected chi connectivity index (χ4v) is 8.87. The lowest BCUT2D eigenvalue weighted by molar-refractivity contribution is 0.437. The van der Waals surface area contributed by atoms with Gasteiger partial charge in [-0.15, -0.1) is 0 Å². The lowest BCUT2D eigenvalue weighted by Gasteiger charge is -2.41. The predicted octanol–water partition coefficient (Wildman–Crippen LogP) is 13.2. The van der Waals surface area contributed by atoms with Crippen molar-refractivity contribution in [3.8, 4) is 33.8 Å². The molecule has 0 atom stereocenters. The van der Waals surface area contributed by atoms with Crippen LogP contribution in [-0.4, -0.2) is 0 Å². The van der Waals surface area contributed by atoms with Gasteiger partial charge in [-0.25, -0.2) is 0 Å². The highest BCUT2D eigenvalue weighted by Crippen LogP contribution is 2.64. The van der Waals surface area contributed by atoms with Gasteiger partial charge in [-0.3, -0.25) is 0 Å². The van der Waals surface area contributed by atoms with Crippen LogP contribution < -0.4 is 9.64 Å². The Labute approximate surface area is 301 Å². The zero-order valence-corrected chi connectivity index (χ0v) is 28.2. The summed E-state index contributed by atoms with van der Waals surface area (Å²) in [6, 6.07) is 66.8. The third-order valence-electron chi connectivity index (χ3n) is 10.9. The van der Waals surface area contributed by atoms with Gasteiger partial charge in [-0.05, 0) is 70.3 Å². The van der Waals surface area contributed by atoms with Crippen LogP contribution in [0.4, 0.5) is 17.1 Å². The molecule has 2 heterocycles. The number of hydrogen-bond acceptors (Lipinski definition) is 3. The number of rotatable bonds is 4. The molecule has 0 bridgehead atoms. The van der Waals surface area contributed by atoms with Crippen LogP contribution in [0.5, 0.6) is 11.5 Å². The van der Waals surface area contributed by atoms with Crippen molar-refractivity contribution in [3.63, 3.8) is 0 Å². The summed E-state index contributed by atoms with van der Waals surface area (Å²) in [5.41, 5.74) is 13.6. The van der Waals surface area contributed by atoms with Crippen LogP contribution >= 0.6 is 0 Å². The summed E-state index contributed by atoms with van der Waals surface area (Å²) in [5, 5.41) is 2.12. The summed E-state index contributed by atoms with van der Waals surface area (Å²) < 4.78 is 13.9. The second-order valence-corrected chi connectivity index (χ2v) is 13.6. The van der Waals surface area contributed by atoms with E-state index in [2.05, 4.69) is 187 Å². The van der Waals surface area contributed by atoms with E-state index in [0.717, 1.165) is 72.8 Å². The van der Waals surface area contributed by atoms with E-state index in [1.807, 2.05) is 6.07 Å². The Morgan fingerprint density at radius 2 is 1.04 bits per heavy atom. The fraction of sp³-hybridized carbons (Fsp3) is 0.0204. The van der Waals surface area contributed by atoms with Crippen molar-refractivity contribution in [1.82, 2.24) is 0 Å². The molecule has 1 spiro atoms. The van der Waals surface area contributed by atoms with Crippen LogP contribution in [0.1, 0.15) is 22.3 Å².